The van der Waals surface area contributed by atoms with Gasteiger partial charge in [-0.3, -0.25) is 5.01 Å². The predicted octanol–water partition coefficient (Wildman–Crippen LogP) is 0.240. The average molecular weight is 185 g/mol. The Kier molecular flexibility index (Phi) is 3.33. The Bertz CT molecular complexity index is 235. The van der Waals surface area contributed by atoms with Gasteiger partial charge in [-0.1, -0.05) is 0 Å². The zero-order valence-corrected chi connectivity index (χ0v) is 7.35. The minimum atomic E-state index is -0.660. The van der Waals surface area contributed by atoms with E-state index < -0.39 is 5.44 Å². The maximum Gasteiger partial charge on any atom is 0.142 e. The molecule has 1 aliphatic rings. The number of aliphatic imine (C=N–C) groups is 1. The van der Waals surface area contributed by atoms with Gasteiger partial charge in [-0.2, -0.15) is 0 Å². The first kappa shape index (κ1) is 9.31. The molecule has 1 unspecified atom stereocenters. The maximum absolute atomic E-state index is 8.86. The van der Waals surface area contributed by atoms with Crippen LogP contribution in [0.4, 0.5) is 0 Å². The van der Waals surface area contributed by atoms with Crippen molar-refractivity contribution in [3.05, 3.63) is 24.2 Å². The van der Waals surface area contributed by atoms with Crippen LogP contribution in [0.2, 0.25) is 0 Å². The molecule has 1 atom stereocenters. The Balaban J connectivity index is 2.56. The Morgan fingerprint density at radius 1 is 1.83 bits per heavy atom. The van der Waals surface area contributed by atoms with E-state index in [0.29, 0.717) is 12.2 Å². The summed E-state index contributed by atoms with van der Waals surface area (Å²) in [6, 6.07) is 0. The highest BCUT2D eigenvalue weighted by Crippen LogP contribution is 2.08. The van der Waals surface area contributed by atoms with Crippen LogP contribution in [0.3, 0.4) is 0 Å². The molecule has 0 aromatic rings. The fraction of sp³-hybridized carbons (Fsp3) is 0.286. The van der Waals surface area contributed by atoms with E-state index in [1.54, 1.807) is 24.6 Å². The first-order valence-electron chi connectivity index (χ1n) is 3.51. The first-order chi connectivity index (χ1) is 5.70. The van der Waals surface area contributed by atoms with Crippen molar-refractivity contribution in [1.82, 2.24) is 5.01 Å². The molecule has 4 nitrogen and oxygen atoms in total. The minimum Gasteiger partial charge on any atom is -0.382 e. The van der Waals surface area contributed by atoms with E-state index in [1.807, 2.05) is 0 Å². The number of aliphatic hydroxyl groups excluding tert-OH is 1. The van der Waals surface area contributed by atoms with Crippen LogP contribution >= 0.6 is 12.6 Å². The molecule has 0 saturated carbocycles. The number of hydrogen-bond donors (Lipinski definition) is 3. The van der Waals surface area contributed by atoms with Gasteiger partial charge < -0.3 is 5.11 Å². The number of nitrogens with zero attached hydrogens (tertiary/aromatic N) is 2. The van der Waals surface area contributed by atoms with Crippen LogP contribution in [-0.2, 0) is 0 Å². The van der Waals surface area contributed by atoms with Crippen LogP contribution in [0, 0.1) is 0 Å². The highest BCUT2D eigenvalue weighted by Gasteiger charge is 2.02. The van der Waals surface area contributed by atoms with E-state index in [2.05, 4.69) is 17.6 Å². The van der Waals surface area contributed by atoms with Gasteiger partial charge in [-0.05, 0) is 12.2 Å². The third-order valence-electron chi connectivity index (χ3n) is 1.32. The largest absolute Gasteiger partial charge is 0.382 e. The lowest BCUT2D eigenvalue weighted by Crippen LogP contribution is -2.25. The topological polar surface area (TPSA) is 61.8 Å². The van der Waals surface area contributed by atoms with Gasteiger partial charge in [0.25, 0.3) is 0 Å². The molecule has 0 amide bonds. The van der Waals surface area contributed by atoms with E-state index in [0.717, 1.165) is 0 Å². The van der Waals surface area contributed by atoms with Crippen LogP contribution < -0.4 is 5.84 Å². The van der Waals surface area contributed by atoms with Crippen LogP contribution in [0.5, 0.6) is 0 Å². The quantitative estimate of drug-likeness (QED) is 0.328. The van der Waals surface area contributed by atoms with Crippen molar-refractivity contribution in [2.45, 2.75) is 11.9 Å². The summed E-state index contributed by atoms with van der Waals surface area (Å²) in [4.78, 5) is 3.99. The molecule has 1 aliphatic heterocycles. The van der Waals surface area contributed by atoms with Crippen LogP contribution in [0.1, 0.15) is 6.42 Å². The molecule has 66 valence electrons. The maximum atomic E-state index is 8.86. The van der Waals surface area contributed by atoms with Gasteiger partial charge in [0.2, 0.25) is 0 Å². The Labute approximate surface area is 76.5 Å². The van der Waals surface area contributed by atoms with Crippen LogP contribution in [0.25, 0.3) is 0 Å². The molecule has 0 aromatic carbocycles. The van der Waals surface area contributed by atoms with Gasteiger partial charge in [0.05, 0.1) is 0 Å². The van der Waals surface area contributed by atoms with Crippen molar-refractivity contribution in [1.29, 1.82) is 0 Å². The standard InChI is InChI=1S/C7H11N3OS/c8-10-5-1-4-9-6(10)2-3-7(11)12/h1-2,4-5,7,11-12H,3,8H2/b6-2-. The fourth-order valence-electron chi connectivity index (χ4n) is 0.763. The second-order valence-corrected chi connectivity index (χ2v) is 2.90. The van der Waals surface area contributed by atoms with Crippen LogP contribution in [-0.4, -0.2) is 21.8 Å². The van der Waals surface area contributed by atoms with E-state index in [1.165, 1.54) is 5.01 Å². The molecule has 5 heteroatoms. The third kappa shape index (κ3) is 2.69. The van der Waals surface area contributed by atoms with Crippen molar-refractivity contribution in [3.8, 4) is 0 Å². The van der Waals surface area contributed by atoms with Gasteiger partial charge >= 0.3 is 0 Å². The highest BCUT2D eigenvalue weighted by molar-refractivity contribution is 7.80. The zero-order valence-electron chi connectivity index (χ0n) is 6.46. The van der Waals surface area contributed by atoms with E-state index in [-0.39, 0.29) is 0 Å². The molecule has 0 aromatic heterocycles. The molecule has 12 heavy (non-hydrogen) atoms. The predicted molar refractivity (Wildman–Crippen MR) is 51.4 cm³/mol. The van der Waals surface area contributed by atoms with Gasteiger partial charge in [0, 0.05) is 18.8 Å². The summed E-state index contributed by atoms with van der Waals surface area (Å²) in [5.74, 6) is 6.14. The molecular weight excluding hydrogens is 174 g/mol. The van der Waals surface area contributed by atoms with Crippen LogP contribution in [0.15, 0.2) is 29.2 Å². The average Bonchev–Trinajstić information content (AvgIpc) is 2.03. The van der Waals surface area contributed by atoms with Crippen molar-refractivity contribution < 1.29 is 5.11 Å². The molecule has 0 spiro atoms. The summed E-state index contributed by atoms with van der Waals surface area (Å²) in [7, 11) is 0. The van der Waals surface area contributed by atoms with Gasteiger partial charge in [0.15, 0.2) is 0 Å². The van der Waals surface area contributed by atoms with Gasteiger partial charge in [-0.25, -0.2) is 10.8 Å². The molecule has 3 N–H and O–H groups in total. The Morgan fingerprint density at radius 2 is 2.58 bits per heavy atom. The molecule has 0 radical (unpaired) electrons. The van der Waals surface area contributed by atoms with E-state index in [9.17, 15) is 0 Å². The summed E-state index contributed by atoms with van der Waals surface area (Å²) in [6.07, 6.45) is 7.20. The molecule has 1 rings (SSSR count). The van der Waals surface area contributed by atoms with E-state index in [4.69, 9.17) is 10.9 Å². The number of hydrogen-bond acceptors (Lipinski definition) is 5. The minimum absolute atomic E-state index is 0.428. The van der Waals surface area contributed by atoms with Gasteiger partial charge in [0.1, 0.15) is 11.3 Å². The number of nitrogens with two attached hydrogens (primary N) is 1. The number of thiol groups is 1. The summed E-state index contributed by atoms with van der Waals surface area (Å²) in [6.45, 7) is 0. The van der Waals surface area contributed by atoms with Crippen molar-refractivity contribution >= 4 is 18.8 Å². The lowest BCUT2D eigenvalue weighted by atomic mass is 10.4. The highest BCUT2D eigenvalue weighted by atomic mass is 32.1. The molecule has 1 heterocycles. The Hall–Kier alpha value is -0.780. The first-order valence-corrected chi connectivity index (χ1v) is 4.03. The normalized spacial score (nSPS) is 21.9. The summed E-state index contributed by atoms with van der Waals surface area (Å²) in [5.41, 5.74) is -0.660. The number of aliphatic hydroxyl groups is 1. The number of allylic oxidation sites excluding steroid dienone is 1. The molecule has 0 saturated heterocycles. The van der Waals surface area contributed by atoms with Crippen molar-refractivity contribution in [2.75, 3.05) is 0 Å². The molecule has 0 bridgehead atoms. The van der Waals surface area contributed by atoms with Crippen molar-refractivity contribution in [3.63, 3.8) is 0 Å². The monoisotopic (exact) mass is 185 g/mol. The fourth-order valence-corrected chi connectivity index (χ4v) is 0.868. The second-order valence-electron chi connectivity index (χ2n) is 2.31. The summed E-state index contributed by atoms with van der Waals surface area (Å²) < 4.78 is 0. The summed E-state index contributed by atoms with van der Waals surface area (Å²) >= 11 is 3.81. The SMILES string of the molecule is NN1C=CC=N/C1=C/CC(O)S. The number of hydrazine groups is 1. The van der Waals surface area contributed by atoms with Gasteiger partial charge in [-0.15, -0.1) is 12.6 Å². The second kappa shape index (κ2) is 4.30. The third-order valence-corrected chi connectivity index (χ3v) is 1.53. The number of rotatable bonds is 2. The molecule has 0 aliphatic carbocycles. The lowest BCUT2D eigenvalue weighted by Gasteiger charge is -2.16. The summed E-state index contributed by atoms with van der Waals surface area (Å²) in [5, 5.41) is 10.2. The zero-order chi connectivity index (χ0) is 8.97. The van der Waals surface area contributed by atoms with E-state index >= 15 is 0 Å². The van der Waals surface area contributed by atoms with Crippen molar-refractivity contribution in [2.24, 2.45) is 10.8 Å². The lowest BCUT2D eigenvalue weighted by molar-refractivity contribution is 0.268. The molecular formula is C7H11N3OS. The smallest absolute Gasteiger partial charge is 0.142 e. The molecule has 0 fully saturated rings. The Morgan fingerprint density at radius 3 is 3.17 bits per heavy atom.